The number of aromatic hydroxyl groups is 1. The summed E-state index contributed by atoms with van der Waals surface area (Å²) in [5.41, 5.74) is 2.61. The number of aryl methyl sites for hydroxylation is 1. The third kappa shape index (κ3) is 3.99. The van der Waals surface area contributed by atoms with E-state index in [1.54, 1.807) is 18.3 Å². The predicted octanol–water partition coefficient (Wildman–Crippen LogP) is 5.27. The lowest BCUT2D eigenvalue weighted by molar-refractivity contribution is 0.317. The number of hydrogen-bond acceptors (Lipinski definition) is 3. The fourth-order valence-corrected chi connectivity index (χ4v) is 2.38. The summed E-state index contributed by atoms with van der Waals surface area (Å²) in [7, 11) is 0. The largest absolute Gasteiger partial charge is 0.503 e. The second-order valence-corrected chi connectivity index (χ2v) is 5.74. The van der Waals surface area contributed by atoms with E-state index in [4.69, 9.17) is 16.3 Å². The van der Waals surface area contributed by atoms with Gasteiger partial charge >= 0.3 is 0 Å². The van der Waals surface area contributed by atoms with Gasteiger partial charge in [-0.1, -0.05) is 17.7 Å². The quantitative estimate of drug-likeness (QED) is 0.747. The molecule has 110 valence electrons. The van der Waals surface area contributed by atoms with Gasteiger partial charge in [0, 0.05) is 11.2 Å². The van der Waals surface area contributed by atoms with Gasteiger partial charge in [-0.3, -0.25) is 4.99 Å². The lowest BCUT2D eigenvalue weighted by atomic mass is 10.2. The Morgan fingerprint density at radius 2 is 2.10 bits per heavy atom. The normalized spacial score (nSPS) is 11.0. The van der Waals surface area contributed by atoms with Gasteiger partial charge in [-0.25, -0.2) is 0 Å². The maximum absolute atomic E-state index is 9.87. The molecule has 0 bridgehead atoms. The zero-order valence-corrected chi connectivity index (χ0v) is 14.1. The highest BCUT2D eigenvalue weighted by molar-refractivity contribution is 9.10. The minimum atomic E-state index is 0.0902. The second-order valence-electron chi connectivity index (χ2n) is 4.47. The summed E-state index contributed by atoms with van der Waals surface area (Å²) in [6.45, 7) is 4.29. The molecule has 21 heavy (non-hydrogen) atoms. The van der Waals surface area contributed by atoms with E-state index in [9.17, 15) is 5.11 Å². The van der Waals surface area contributed by atoms with Crippen LogP contribution >= 0.6 is 27.5 Å². The molecule has 0 aliphatic heterocycles. The van der Waals surface area contributed by atoms with Gasteiger partial charge in [0.1, 0.15) is 0 Å². The summed E-state index contributed by atoms with van der Waals surface area (Å²) >= 11 is 9.38. The van der Waals surface area contributed by atoms with Crippen LogP contribution < -0.4 is 4.74 Å². The molecule has 0 aliphatic rings. The van der Waals surface area contributed by atoms with Crippen molar-refractivity contribution in [1.82, 2.24) is 0 Å². The van der Waals surface area contributed by atoms with Crippen molar-refractivity contribution in [3.05, 3.63) is 51.0 Å². The first-order valence-electron chi connectivity index (χ1n) is 6.46. The highest BCUT2D eigenvalue weighted by Crippen LogP contribution is 2.35. The van der Waals surface area contributed by atoms with Crippen molar-refractivity contribution in [3.8, 4) is 11.5 Å². The Hall–Kier alpha value is -1.52. The molecule has 2 aromatic rings. The van der Waals surface area contributed by atoms with Crippen LogP contribution in [0, 0.1) is 6.92 Å². The highest BCUT2D eigenvalue weighted by atomic mass is 79.9. The fraction of sp³-hybridized carbons (Fsp3) is 0.188. The number of hydrogen-bond donors (Lipinski definition) is 1. The first-order chi connectivity index (χ1) is 10.0. The minimum Gasteiger partial charge on any atom is -0.503 e. The van der Waals surface area contributed by atoms with E-state index < -0.39 is 0 Å². The van der Waals surface area contributed by atoms with Crippen molar-refractivity contribution in [2.75, 3.05) is 6.61 Å². The third-order valence-corrected chi connectivity index (χ3v) is 3.88. The lowest BCUT2D eigenvalue weighted by Crippen LogP contribution is -1.94. The first kappa shape index (κ1) is 15.9. The molecule has 5 heteroatoms. The summed E-state index contributed by atoms with van der Waals surface area (Å²) in [4.78, 5) is 4.38. The Morgan fingerprint density at radius 3 is 2.76 bits per heavy atom. The number of aliphatic imine (C=N–C) groups is 1. The van der Waals surface area contributed by atoms with Gasteiger partial charge in [0.15, 0.2) is 11.5 Å². The molecule has 0 amide bonds. The Morgan fingerprint density at radius 1 is 1.33 bits per heavy atom. The number of rotatable bonds is 4. The first-order valence-corrected chi connectivity index (χ1v) is 7.64. The highest BCUT2D eigenvalue weighted by Gasteiger charge is 2.08. The molecule has 1 N–H and O–H groups in total. The molecule has 3 nitrogen and oxygen atoms in total. The summed E-state index contributed by atoms with van der Waals surface area (Å²) in [5, 5.41) is 10.6. The van der Waals surface area contributed by atoms with E-state index in [1.807, 2.05) is 32.0 Å². The van der Waals surface area contributed by atoms with Gasteiger partial charge in [0.05, 0.1) is 16.8 Å². The number of nitrogens with zero attached hydrogens (tertiary/aromatic N) is 1. The number of benzene rings is 2. The molecule has 2 rings (SSSR count). The van der Waals surface area contributed by atoms with E-state index in [-0.39, 0.29) is 5.75 Å². The zero-order valence-electron chi connectivity index (χ0n) is 11.7. The summed E-state index contributed by atoms with van der Waals surface area (Å²) in [6, 6.07) is 9.15. The summed E-state index contributed by atoms with van der Waals surface area (Å²) < 4.78 is 5.95. The number of ether oxygens (including phenoxy) is 1. The van der Waals surface area contributed by atoms with Gasteiger partial charge < -0.3 is 9.84 Å². The van der Waals surface area contributed by atoms with Gasteiger partial charge in [0.25, 0.3) is 0 Å². The molecule has 0 aliphatic carbocycles. The summed E-state index contributed by atoms with van der Waals surface area (Å²) in [6.07, 6.45) is 1.70. The predicted molar refractivity (Wildman–Crippen MR) is 90.4 cm³/mol. The van der Waals surface area contributed by atoms with Crippen LogP contribution in [0.15, 0.2) is 39.8 Å². The van der Waals surface area contributed by atoms with E-state index in [2.05, 4.69) is 20.9 Å². The van der Waals surface area contributed by atoms with Crippen molar-refractivity contribution >= 4 is 39.4 Å². The standard InChI is InChI=1S/C16H15BrClNO2/c1-3-21-15-7-11(6-13(17)16(15)20)9-19-12-5-4-10(2)14(18)8-12/h4-9,20H,3H2,1-2H3. The van der Waals surface area contributed by atoms with Crippen LogP contribution in [-0.4, -0.2) is 17.9 Å². The average Bonchev–Trinajstić information content (AvgIpc) is 2.45. The molecular weight excluding hydrogens is 354 g/mol. The van der Waals surface area contributed by atoms with Crippen LogP contribution in [-0.2, 0) is 0 Å². The molecule has 0 saturated carbocycles. The Kier molecular flexibility index (Phi) is 5.26. The van der Waals surface area contributed by atoms with Crippen molar-refractivity contribution in [1.29, 1.82) is 0 Å². The fourth-order valence-electron chi connectivity index (χ4n) is 1.74. The van der Waals surface area contributed by atoms with Crippen molar-refractivity contribution in [2.45, 2.75) is 13.8 Å². The monoisotopic (exact) mass is 367 g/mol. The van der Waals surface area contributed by atoms with Crippen molar-refractivity contribution < 1.29 is 9.84 Å². The van der Waals surface area contributed by atoms with Crippen LogP contribution in [0.5, 0.6) is 11.5 Å². The van der Waals surface area contributed by atoms with E-state index in [0.717, 1.165) is 16.8 Å². The van der Waals surface area contributed by atoms with Crippen LogP contribution in [0.4, 0.5) is 5.69 Å². The third-order valence-electron chi connectivity index (χ3n) is 2.87. The second kappa shape index (κ2) is 6.96. The molecule has 0 fully saturated rings. The molecule has 0 aromatic heterocycles. The number of phenolic OH excluding ortho intramolecular Hbond substituents is 1. The molecule has 2 aromatic carbocycles. The maximum atomic E-state index is 9.87. The van der Waals surface area contributed by atoms with E-state index >= 15 is 0 Å². The molecular formula is C16H15BrClNO2. The van der Waals surface area contributed by atoms with Gasteiger partial charge in [0.2, 0.25) is 0 Å². The summed E-state index contributed by atoms with van der Waals surface area (Å²) in [5.74, 6) is 0.516. The average molecular weight is 369 g/mol. The van der Waals surface area contributed by atoms with Crippen LogP contribution in [0.3, 0.4) is 0 Å². The molecule has 0 heterocycles. The van der Waals surface area contributed by atoms with Crippen LogP contribution in [0.25, 0.3) is 0 Å². The Bertz CT molecular complexity index is 686. The van der Waals surface area contributed by atoms with Gasteiger partial charge in [-0.2, -0.15) is 0 Å². The molecule has 0 unspecified atom stereocenters. The SMILES string of the molecule is CCOc1cc(C=Nc2ccc(C)c(Cl)c2)cc(Br)c1O. The van der Waals surface area contributed by atoms with Crippen LogP contribution in [0.2, 0.25) is 5.02 Å². The smallest absolute Gasteiger partial charge is 0.172 e. The van der Waals surface area contributed by atoms with Crippen LogP contribution in [0.1, 0.15) is 18.1 Å². The van der Waals surface area contributed by atoms with Crippen molar-refractivity contribution in [3.63, 3.8) is 0 Å². The zero-order chi connectivity index (χ0) is 15.4. The Labute approximate surface area is 137 Å². The van der Waals surface area contributed by atoms with E-state index in [1.165, 1.54) is 0 Å². The molecule has 0 saturated heterocycles. The van der Waals surface area contributed by atoms with Crippen molar-refractivity contribution in [2.24, 2.45) is 4.99 Å². The Balaban J connectivity index is 2.30. The molecule has 0 spiro atoms. The number of halogens is 2. The lowest BCUT2D eigenvalue weighted by Gasteiger charge is -2.08. The minimum absolute atomic E-state index is 0.0902. The topological polar surface area (TPSA) is 41.8 Å². The number of phenols is 1. The molecule has 0 radical (unpaired) electrons. The maximum Gasteiger partial charge on any atom is 0.172 e. The van der Waals surface area contributed by atoms with E-state index in [0.29, 0.717) is 21.9 Å². The molecule has 0 atom stereocenters. The van der Waals surface area contributed by atoms with Gasteiger partial charge in [-0.15, -0.1) is 0 Å². The van der Waals surface area contributed by atoms with Gasteiger partial charge in [-0.05, 0) is 65.2 Å².